The second kappa shape index (κ2) is 6.32. The molecule has 108 valence electrons. The summed E-state index contributed by atoms with van der Waals surface area (Å²) in [6.45, 7) is 2.02. The summed E-state index contributed by atoms with van der Waals surface area (Å²) in [5.41, 5.74) is 4.85. The second-order valence-corrected chi connectivity index (χ2v) is 7.49. The van der Waals surface area contributed by atoms with E-state index in [2.05, 4.69) is 15.8 Å². The predicted octanol–water partition coefficient (Wildman–Crippen LogP) is 0.980. The molecule has 0 amide bonds. The predicted molar refractivity (Wildman–Crippen MR) is 84.7 cm³/mol. The third-order valence-corrected chi connectivity index (χ3v) is 5.00. The van der Waals surface area contributed by atoms with Gasteiger partial charge in [0, 0.05) is 6.04 Å². The number of sulfone groups is 1. The van der Waals surface area contributed by atoms with Gasteiger partial charge in [0.1, 0.15) is 0 Å². The van der Waals surface area contributed by atoms with E-state index in [1.54, 1.807) is 6.21 Å². The van der Waals surface area contributed by atoms with Gasteiger partial charge < -0.3 is 5.32 Å². The molecule has 7 heteroatoms. The van der Waals surface area contributed by atoms with Crippen LogP contribution in [0.15, 0.2) is 29.4 Å². The largest absolute Gasteiger partial charge is 0.358 e. The molecule has 0 saturated carbocycles. The van der Waals surface area contributed by atoms with Crippen LogP contribution in [0.5, 0.6) is 0 Å². The highest BCUT2D eigenvalue weighted by Crippen LogP contribution is 2.10. The van der Waals surface area contributed by atoms with E-state index in [-0.39, 0.29) is 17.5 Å². The Bertz CT molecular complexity index is 609. The SMILES string of the molecule is Cc1ccc(/C=N\NC(=S)N[C@@H]2CCS(=O)(=O)C2)cc1. The van der Waals surface area contributed by atoms with Crippen molar-refractivity contribution in [1.82, 2.24) is 10.7 Å². The number of hydrogen-bond donors (Lipinski definition) is 2. The fraction of sp³-hybridized carbons (Fsp3) is 0.385. The lowest BCUT2D eigenvalue weighted by atomic mass is 10.2. The third-order valence-electron chi connectivity index (χ3n) is 3.02. The van der Waals surface area contributed by atoms with Gasteiger partial charge in [-0.25, -0.2) is 8.42 Å². The van der Waals surface area contributed by atoms with Gasteiger partial charge in [0.2, 0.25) is 0 Å². The lowest BCUT2D eigenvalue weighted by Crippen LogP contribution is -2.40. The maximum Gasteiger partial charge on any atom is 0.187 e. The van der Waals surface area contributed by atoms with Crippen molar-refractivity contribution < 1.29 is 8.42 Å². The molecule has 1 aromatic carbocycles. The summed E-state index contributed by atoms with van der Waals surface area (Å²) < 4.78 is 22.6. The molecule has 2 N–H and O–H groups in total. The minimum absolute atomic E-state index is 0.116. The van der Waals surface area contributed by atoms with Gasteiger partial charge >= 0.3 is 0 Å². The van der Waals surface area contributed by atoms with Gasteiger partial charge in [-0.05, 0) is 31.1 Å². The number of thiocarbonyl (C=S) groups is 1. The fourth-order valence-corrected chi connectivity index (χ4v) is 3.84. The maximum atomic E-state index is 11.3. The summed E-state index contributed by atoms with van der Waals surface area (Å²) in [6.07, 6.45) is 2.25. The molecule has 1 heterocycles. The monoisotopic (exact) mass is 311 g/mol. The van der Waals surface area contributed by atoms with E-state index in [1.165, 1.54) is 5.56 Å². The van der Waals surface area contributed by atoms with Crippen LogP contribution in [0.25, 0.3) is 0 Å². The lowest BCUT2D eigenvalue weighted by molar-refractivity contribution is 0.600. The first-order valence-electron chi connectivity index (χ1n) is 6.31. The van der Waals surface area contributed by atoms with E-state index < -0.39 is 9.84 Å². The van der Waals surface area contributed by atoms with Crippen LogP contribution < -0.4 is 10.7 Å². The fourth-order valence-electron chi connectivity index (χ4n) is 1.94. The first kappa shape index (κ1) is 14.9. The Morgan fingerprint density at radius 1 is 1.40 bits per heavy atom. The van der Waals surface area contributed by atoms with Crippen molar-refractivity contribution in [3.63, 3.8) is 0 Å². The van der Waals surface area contributed by atoms with Crippen molar-refractivity contribution in [3.8, 4) is 0 Å². The zero-order chi connectivity index (χ0) is 14.6. The molecule has 1 fully saturated rings. The number of nitrogens with one attached hydrogen (secondary N) is 2. The van der Waals surface area contributed by atoms with E-state index in [0.717, 1.165) is 5.56 Å². The van der Waals surface area contributed by atoms with Crippen molar-refractivity contribution in [2.24, 2.45) is 5.10 Å². The summed E-state index contributed by atoms with van der Waals surface area (Å²) in [6, 6.07) is 7.80. The van der Waals surface area contributed by atoms with Gasteiger partial charge in [-0.1, -0.05) is 29.8 Å². The van der Waals surface area contributed by atoms with Gasteiger partial charge in [-0.2, -0.15) is 5.10 Å². The molecule has 0 aliphatic carbocycles. The Kier molecular flexibility index (Phi) is 4.72. The molecule has 5 nitrogen and oxygen atoms in total. The van der Waals surface area contributed by atoms with E-state index in [4.69, 9.17) is 12.2 Å². The average molecular weight is 311 g/mol. The zero-order valence-electron chi connectivity index (χ0n) is 11.2. The minimum Gasteiger partial charge on any atom is -0.358 e. The van der Waals surface area contributed by atoms with Gasteiger partial charge in [-0.15, -0.1) is 0 Å². The molecule has 1 aliphatic rings. The van der Waals surface area contributed by atoms with E-state index in [9.17, 15) is 8.42 Å². The van der Waals surface area contributed by atoms with Crippen molar-refractivity contribution in [1.29, 1.82) is 0 Å². The lowest BCUT2D eigenvalue weighted by Gasteiger charge is -2.11. The average Bonchev–Trinajstić information content (AvgIpc) is 2.71. The molecule has 1 atom stereocenters. The van der Waals surface area contributed by atoms with Crippen LogP contribution in [0.3, 0.4) is 0 Å². The van der Waals surface area contributed by atoms with Gasteiger partial charge in [0.05, 0.1) is 17.7 Å². The van der Waals surface area contributed by atoms with Crippen LogP contribution in [0.2, 0.25) is 0 Å². The standard InChI is InChI=1S/C13H17N3O2S2/c1-10-2-4-11(5-3-10)8-14-16-13(19)15-12-6-7-20(17,18)9-12/h2-5,8,12H,6-7,9H2,1H3,(H2,15,16,19)/b14-8-/t12-/m1/s1. The smallest absolute Gasteiger partial charge is 0.187 e. The Balaban J connectivity index is 1.79. The number of rotatable bonds is 3. The highest BCUT2D eigenvalue weighted by atomic mass is 32.2. The molecule has 1 aromatic rings. The van der Waals surface area contributed by atoms with Crippen LogP contribution >= 0.6 is 12.2 Å². The number of nitrogens with zero attached hydrogens (tertiary/aromatic N) is 1. The molecule has 0 bridgehead atoms. The molecule has 1 aliphatic heterocycles. The van der Waals surface area contributed by atoms with Gasteiger partial charge in [0.25, 0.3) is 0 Å². The Labute approximate surface area is 124 Å². The summed E-state index contributed by atoms with van der Waals surface area (Å²) in [5, 5.41) is 7.32. The molecule has 0 radical (unpaired) electrons. The number of hydrazone groups is 1. The molecule has 0 unspecified atom stereocenters. The van der Waals surface area contributed by atoms with Crippen molar-refractivity contribution in [3.05, 3.63) is 35.4 Å². The molecule has 0 aromatic heterocycles. The number of benzene rings is 1. The van der Waals surface area contributed by atoms with Crippen LogP contribution in [0.4, 0.5) is 0 Å². The molecular formula is C13H17N3O2S2. The first-order valence-corrected chi connectivity index (χ1v) is 8.54. The number of hydrogen-bond acceptors (Lipinski definition) is 4. The zero-order valence-corrected chi connectivity index (χ0v) is 12.8. The topological polar surface area (TPSA) is 70.6 Å². The van der Waals surface area contributed by atoms with Crippen LogP contribution in [0.1, 0.15) is 17.5 Å². The van der Waals surface area contributed by atoms with Crippen molar-refractivity contribution >= 4 is 33.4 Å². The molecular weight excluding hydrogens is 294 g/mol. The van der Waals surface area contributed by atoms with Gasteiger partial charge in [0.15, 0.2) is 14.9 Å². The van der Waals surface area contributed by atoms with Crippen LogP contribution in [-0.2, 0) is 9.84 Å². The van der Waals surface area contributed by atoms with Crippen LogP contribution in [0, 0.1) is 6.92 Å². The molecule has 20 heavy (non-hydrogen) atoms. The molecule has 0 spiro atoms. The summed E-state index contributed by atoms with van der Waals surface area (Å²) in [5.74, 6) is 0.358. The van der Waals surface area contributed by atoms with E-state index in [0.29, 0.717) is 11.5 Å². The van der Waals surface area contributed by atoms with Crippen LogP contribution in [-0.4, -0.2) is 37.3 Å². The quantitative estimate of drug-likeness (QED) is 0.495. The Morgan fingerprint density at radius 3 is 2.70 bits per heavy atom. The normalized spacial score (nSPS) is 20.9. The Hall–Kier alpha value is -1.47. The first-order chi connectivity index (χ1) is 9.44. The minimum atomic E-state index is -2.90. The highest BCUT2D eigenvalue weighted by Gasteiger charge is 2.27. The third kappa shape index (κ3) is 4.57. The summed E-state index contributed by atoms with van der Waals surface area (Å²) in [4.78, 5) is 0. The Morgan fingerprint density at radius 2 is 2.10 bits per heavy atom. The van der Waals surface area contributed by atoms with E-state index in [1.807, 2.05) is 31.2 Å². The highest BCUT2D eigenvalue weighted by molar-refractivity contribution is 7.91. The van der Waals surface area contributed by atoms with Crippen molar-refractivity contribution in [2.45, 2.75) is 19.4 Å². The van der Waals surface area contributed by atoms with E-state index >= 15 is 0 Å². The maximum absolute atomic E-state index is 11.3. The molecule has 2 rings (SSSR count). The van der Waals surface area contributed by atoms with Gasteiger partial charge in [-0.3, -0.25) is 5.43 Å². The second-order valence-electron chi connectivity index (χ2n) is 4.85. The summed E-state index contributed by atoms with van der Waals surface area (Å²) >= 11 is 5.07. The number of aryl methyl sites for hydroxylation is 1. The van der Waals surface area contributed by atoms with Crippen molar-refractivity contribution in [2.75, 3.05) is 11.5 Å². The summed E-state index contributed by atoms with van der Waals surface area (Å²) in [7, 11) is -2.90. The molecule has 1 saturated heterocycles.